The first kappa shape index (κ1) is 18.6. The molecule has 3 nitrogen and oxygen atoms in total. The number of urea groups is 1. The Bertz CT molecular complexity index is 805. The molecule has 26 heavy (non-hydrogen) atoms. The molecule has 1 fully saturated rings. The number of carbonyl (C=O) groups is 1. The van der Waals surface area contributed by atoms with Crippen molar-refractivity contribution >= 4 is 23.5 Å². The van der Waals surface area contributed by atoms with Gasteiger partial charge in [-0.15, -0.1) is 11.8 Å². The molecule has 1 atom stereocenters. The maximum atomic E-state index is 12.7. The van der Waals surface area contributed by atoms with Gasteiger partial charge >= 0.3 is 12.2 Å². The van der Waals surface area contributed by atoms with Crippen molar-refractivity contribution in [2.45, 2.75) is 25.4 Å². The number of halogens is 3. The van der Waals surface area contributed by atoms with E-state index in [0.717, 1.165) is 34.7 Å². The zero-order chi connectivity index (χ0) is 18.9. The standard InChI is InChI=1S/C19H19F3N2OS/c1-12-3-8-16(13(2)11-12)23-18(25)24-9-10-26-17(24)14-4-6-15(7-5-14)19(20,21)22/h3-8,11,17H,9-10H2,1-2H3,(H,23,25)/t17-/m0/s1. The van der Waals surface area contributed by atoms with E-state index in [0.29, 0.717) is 12.1 Å². The molecule has 0 unspecified atom stereocenters. The first-order valence-corrected chi connectivity index (χ1v) is 9.24. The molecule has 0 aromatic heterocycles. The lowest BCUT2D eigenvalue weighted by Gasteiger charge is -2.25. The van der Waals surface area contributed by atoms with Crippen molar-refractivity contribution in [3.8, 4) is 0 Å². The normalized spacial score (nSPS) is 17.4. The van der Waals surface area contributed by atoms with Gasteiger partial charge in [0, 0.05) is 18.0 Å². The minimum absolute atomic E-state index is 0.244. The number of alkyl halides is 3. The van der Waals surface area contributed by atoms with E-state index in [1.54, 1.807) is 16.7 Å². The van der Waals surface area contributed by atoms with Gasteiger partial charge in [0.15, 0.2) is 0 Å². The molecule has 1 saturated heterocycles. The molecule has 7 heteroatoms. The summed E-state index contributed by atoms with van der Waals surface area (Å²) in [5.41, 5.74) is 2.83. The predicted octanol–water partition coefficient (Wildman–Crippen LogP) is 5.60. The van der Waals surface area contributed by atoms with Crippen molar-refractivity contribution in [2.24, 2.45) is 0 Å². The monoisotopic (exact) mass is 380 g/mol. The molecule has 1 heterocycles. The molecule has 1 aliphatic heterocycles. The molecule has 1 N–H and O–H groups in total. The third-order valence-electron chi connectivity index (χ3n) is 4.30. The zero-order valence-corrected chi connectivity index (χ0v) is 15.2. The van der Waals surface area contributed by atoms with Crippen LogP contribution in [0.2, 0.25) is 0 Å². The predicted molar refractivity (Wildman–Crippen MR) is 98.3 cm³/mol. The molecule has 0 saturated carbocycles. The summed E-state index contributed by atoms with van der Waals surface area (Å²) in [6, 6.07) is 10.6. The maximum Gasteiger partial charge on any atom is 0.416 e. The van der Waals surface area contributed by atoms with Crippen LogP contribution in [0.1, 0.15) is 27.6 Å². The molecule has 0 radical (unpaired) electrons. The fourth-order valence-corrected chi connectivity index (χ4v) is 4.19. The summed E-state index contributed by atoms with van der Waals surface area (Å²) in [5, 5.41) is 2.62. The van der Waals surface area contributed by atoms with Crippen molar-refractivity contribution in [3.63, 3.8) is 0 Å². The summed E-state index contributed by atoms with van der Waals surface area (Å²) in [6.45, 7) is 4.46. The first-order valence-electron chi connectivity index (χ1n) is 8.19. The molecule has 1 aliphatic rings. The van der Waals surface area contributed by atoms with Crippen LogP contribution in [0.4, 0.5) is 23.7 Å². The number of anilines is 1. The van der Waals surface area contributed by atoms with Gasteiger partial charge in [-0.3, -0.25) is 0 Å². The summed E-state index contributed by atoms with van der Waals surface area (Å²) in [5.74, 6) is 0.742. The van der Waals surface area contributed by atoms with E-state index in [2.05, 4.69) is 5.32 Å². The van der Waals surface area contributed by atoms with Crippen LogP contribution in [0, 0.1) is 13.8 Å². The average Bonchev–Trinajstić information content (AvgIpc) is 3.06. The van der Waals surface area contributed by atoms with E-state index in [-0.39, 0.29) is 11.4 Å². The van der Waals surface area contributed by atoms with Gasteiger partial charge in [0.05, 0.1) is 5.56 Å². The van der Waals surface area contributed by atoms with Gasteiger partial charge in [0.25, 0.3) is 0 Å². The summed E-state index contributed by atoms with van der Waals surface area (Å²) in [7, 11) is 0. The SMILES string of the molecule is Cc1ccc(NC(=O)N2CCS[C@H]2c2ccc(C(F)(F)F)cc2)c(C)c1. The van der Waals surface area contributed by atoms with Gasteiger partial charge in [-0.25, -0.2) is 4.79 Å². The van der Waals surface area contributed by atoms with Crippen molar-refractivity contribution in [3.05, 3.63) is 64.7 Å². The Kier molecular flexibility index (Phi) is 5.18. The topological polar surface area (TPSA) is 32.3 Å². The summed E-state index contributed by atoms with van der Waals surface area (Å²) < 4.78 is 38.2. The van der Waals surface area contributed by atoms with Gasteiger partial charge in [-0.05, 0) is 43.2 Å². The van der Waals surface area contributed by atoms with Crippen LogP contribution in [0.3, 0.4) is 0 Å². The highest BCUT2D eigenvalue weighted by Crippen LogP contribution is 2.39. The molecule has 2 aromatic carbocycles. The van der Waals surface area contributed by atoms with Crippen LogP contribution in [0.25, 0.3) is 0 Å². The fraction of sp³-hybridized carbons (Fsp3) is 0.316. The number of nitrogens with one attached hydrogen (secondary N) is 1. The summed E-state index contributed by atoms with van der Waals surface area (Å²) >= 11 is 1.55. The average molecular weight is 380 g/mol. The van der Waals surface area contributed by atoms with E-state index in [1.165, 1.54) is 12.1 Å². The van der Waals surface area contributed by atoms with Gasteiger partial charge in [-0.2, -0.15) is 13.2 Å². The lowest BCUT2D eigenvalue weighted by Crippen LogP contribution is -2.34. The number of thioether (sulfide) groups is 1. The highest BCUT2D eigenvalue weighted by molar-refractivity contribution is 7.99. The van der Waals surface area contributed by atoms with Crippen molar-refractivity contribution < 1.29 is 18.0 Å². The van der Waals surface area contributed by atoms with Gasteiger partial charge in [0.2, 0.25) is 0 Å². The Balaban J connectivity index is 1.76. The molecule has 0 aliphatic carbocycles. The Hall–Kier alpha value is -2.15. The number of hydrogen-bond acceptors (Lipinski definition) is 2. The Morgan fingerprint density at radius 2 is 1.85 bits per heavy atom. The largest absolute Gasteiger partial charge is 0.416 e. The number of aryl methyl sites for hydroxylation is 2. The van der Waals surface area contributed by atoms with E-state index in [9.17, 15) is 18.0 Å². The molecule has 0 spiro atoms. The molecular weight excluding hydrogens is 361 g/mol. The molecular formula is C19H19F3N2OS. The van der Waals surface area contributed by atoms with E-state index < -0.39 is 11.7 Å². The second-order valence-electron chi connectivity index (χ2n) is 6.28. The van der Waals surface area contributed by atoms with E-state index in [1.807, 2.05) is 32.0 Å². The number of rotatable bonds is 2. The molecule has 3 rings (SSSR count). The molecule has 2 amide bonds. The number of hydrogen-bond donors (Lipinski definition) is 1. The third-order valence-corrected chi connectivity index (χ3v) is 5.56. The van der Waals surface area contributed by atoms with Crippen LogP contribution in [0.5, 0.6) is 0 Å². The van der Waals surface area contributed by atoms with Crippen LogP contribution >= 0.6 is 11.8 Å². The van der Waals surface area contributed by atoms with Crippen LogP contribution < -0.4 is 5.32 Å². The maximum absolute atomic E-state index is 12.7. The third kappa shape index (κ3) is 3.98. The van der Waals surface area contributed by atoms with Gasteiger partial charge < -0.3 is 10.2 Å². The van der Waals surface area contributed by atoms with Crippen LogP contribution in [0.15, 0.2) is 42.5 Å². The number of amides is 2. The van der Waals surface area contributed by atoms with Gasteiger partial charge in [-0.1, -0.05) is 29.8 Å². The highest BCUT2D eigenvalue weighted by atomic mass is 32.2. The lowest BCUT2D eigenvalue weighted by molar-refractivity contribution is -0.137. The number of benzene rings is 2. The second kappa shape index (κ2) is 7.23. The fourth-order valence-electron chi connectivity index (χ4n) is 2.93. The minimum atomic E-state index is -4.36. The van der Waals surface area contributed by atoms with E-state index in [4.69, 9.17) is 0 Å². The minimum Gasteiger partial charge on any atom is -0.308 e. The first-order chi connectivity index (χ1) is 12.3. The number of carbonyl (C=O) groups excluding carboxylic acids is 1. The molecule has 2 aromatic rings. The smallest absolute Gasteiger partial charge is 0.308 e. The summed E-state index contributed by atoms with van der Waals surface area (Å²) in [6.07, 6.45) is -4.36. The van der Waals surface area contributed by atoms with Crippen LogP contribution in [-0.4, -0.2) is 23.2 Å². The molecule has 138 valence electrons. The Labute approximate surface area is 154 Å². The second-order valence-corrected chi connectivity index (χ2v) is 7.47. The number of nitrogens with zero attached hydrogens (tertiary/aromatic N) is 1. The van der Waals surface area contributed by atoms with Crippen molar-refractivity contribution in [2.75, 3.05) is 17.6 Å². The Morgan fingerprint density at radius 1 is 1.15 bits per heavy atom. The quantitative estimate of drug-likeness (QED) is 0.735. The Morgan fingerprint density at radius 3 is 2.46 bits per heavy atom. The lowest BCUT2D eigenvalue weighted by atomic mass is 10.1. The zero-order valence-electron chi connectivity index (χ0n) is 14.4. The van der Waals surface area contributed by atoms with Gasteiger partial charge in [0.1, 0.15) is 5.37 Å². The van der Waals surface area contributed by atoms with Crippen molar-refractivity contribution in [1.29, 1.82) is 0 Å². The summed E-state index contributed by atoms with van der Waals surface area (Å²) in [4.78, 5) is 14.3. The van der Waals surface area contributed by atoms with Crippen molar-refractivity contribution in [1.82, 2.24) is 4.90 Å². The van der Waals surface area contributed by atoms with Crippen LogP contribution in [-0.2, 0) is 6.18 Å². The highest BCUT2D eigenvalue weighted by Gasteiger charge is 2.33. The van der Waals surface area contributed by atoms with E-state index >= 15 is 0 Å². The molecule has 0 bridgehead atoms.